The molecule has 0 radical (unpaired) electrons. The summed E-state index contributed by atoms with van der Waals surface area (Å²) in [5.74, 6) is -2.14. The fraction of sp³-hybridized carbons (Fsp3) is 0.238. The molecule has 0 N–H and O–H groups in total. The van der Waals surface area contributed by atoms with E-state index in [1.165, 1.54) is 19.9 Å². The second-order valence-corrected chi connectivity index (χ2v) is 6.46. The molecule has 3 aromatic rings. The highest BCUT2D eigenvalue weighted by atomic mass is 19.4. The van der Waals surface area contributed by atoms with Crippen LogP contribution in [0, 0.1) is 12.7 Å². The van der Waals surface area contributed by atoms with Gasteiger partial charge in [-0.2, -0.15) is 13.2 Å². The van der Waals surface area contributed by atoms with E-state index in [0.29, 0.717) is 0 Å². The predicted molar refractivity (Wildman–Crippen MR) is 100 cm³/mol. The molecule has 0 aliphatic heterocycles. The summed E-state index contributed by atoms with van der Waals surface area (Å²) in [4.78, 5) is 24.6. The first-order valence-electron chi connectivity index (χ1n) is 8.92. The molecule has 0 unspecified atom stereocenters. The number of esters is 1. The Morgan fingerprint density at radius 2 is 1.73 bits per heavy atom. The Kier molecular flexibility index (Phi) is 5.56. The van der Waals surface area contributed by atoms with Crippen LogP contribution >= 0.6 is 0 Å². The van der Waals surface area contributed by atoms with E-state index in [0.717, 1.165) is 34.9 Å². The quantitative estimate of drug-likeness (QED) is 0.432. The molecule has 5 nitrogen and oxygen atoms in total. The molecule has 0 aliphatic carbocycles. The van der Waals surface area contributed by atoms with E-state index >= 15 is 0 Å². The van der Waals surface area contributed by atoms with Crippen LogP contribution in [0.2, 0.25) is 0 Å². The summed E-state index contributed by atoms with van der Waals surface area (Å²) in [7, 11) is 0. The van der Waals surface area contributed by atoms with Gasteiger partial charge in [-0.1, -0.05) is 0 Å². The van der Waals surface area contributed by atoms with E-state index in [2.05, 4.69) is 0 Å². The van der Waals surface area contributed by atoms with E-state index in [1.54, 1.807) is 6.92 Å². The van der Waals surface area contributed by atoms with Crippen LogP contribution in [0.25, 0.3) is 10.9 Å². The van der Waals surface area contributed by atoms with Gasteiger partial charge in [0.05, 0.1) is 23.4 Å². The summed E-state index contributed by atoms with van der Waals surface area (Å²) in [6.07, 6.45) is -4.54. The van der Waals surface area contributed by atoms with Crippen LogP contribution in [0.5, 0.6) is 11.5 Å². The summed E-state index contributed by atoms with van der Waals surface area (Å²) in [5, 5.41) is 0.257. The molecule has 0 atom stereocenters. The van der Waals surface area contributed by atoms with Gasteiger partial charge in [-0.3, -0.25) is 14.2 Å². The number of benzene rings is 2. The average Bonchev–Trinajstić information content (AvgIpc) is 2.92. The minimum absolute atomic E-state index is 0.0405. The van der Waals surface area contributed by atoms with Crippen molar-refractivity contribution in [1.82, 2.24) is 4.57 Å². The van der Waals surface area contributed by atoms with Gasteiger partial charge in [0.25, 0.3) is 5.91 Å². The number of fused-ring (bicyclic) bond motifs is 1. The highest BCUT2D eigenvalue weighted by Crippen LogP contribution is 2.37. The Balaban J connectivity index is 2.19. The largest absolute Gasteiger partial charge is 0.491 e. The van der Waals surface area contributed by atoms with Crippen LogP contribution in [0.1, 0.15) is 35.5 Å². The van der Waals surface area contributed by atoms with Crippen molar-refractivity contribution in [1.29, 1.82) is 0 Å². The Morgan fingerprint density at radius 1 is 1.10 bits per heavy atom. The van der Waals surface area contributed by atoms with Crippen molar-refractivity contribution >= 4 is 22.8 Å². The molecule has 158 valence electrons. The first-order valence-corrected chi connectivity index (χ1v) is 8.92. The van der Waals surface area contributed by atoms with Crippen molar-refractivity contribution in [2.75, 3.05) is 6.61 Å². The number of carbonyl (C=O) groups excluding carboxylic acids is 2. The second kappa shape index (κ2) is 7.81. The standard InChI is InChI=1S/C21H17F4NO4/c1-4-29-18-9-15-17(10-16(18)22)26(11(2)19(15)30-12(3)27)20(28)13-5-7-14(8-6-13)21(23,24)25/h5-10H,4H2,1-3H3. The molecule has 0 aliphatic rings. The van der Waals surface area contributed by atoms with E-state index in [-0.39, 0.29) is 40.3 Å². The van der Waals surface area contributed by atoms with Crippen molar-refractivity contribution < 1.29 is 36.6 Å². The van der Waals surface area contributed by atoms with E-state index in [9.17, 15) is 27.2 Å². The van der Waals surface area contributed by atoms with Crippen LogP contribution in [0.4, 0.5) is 17.6 Å². The van der Waals surface area contributed by atoms with Gasteiger partial charge in [0.15, 0.2) is 17.3 Å². The molecular weight excluding hydrogens is 406 g/mol. The highest BCUT2D eigenvalue weighted by molar-refractivity contribution is 6.05. The number of alkyl halides is 3. The van der Waals surface area contributed by atoms with E-state index < -0.39 is 29.4 Å². The van der Waals surface area contributed by atoms with Crippen LogP contribution in [0.3, 0.4) is 0 Å². The number of hydrogen-bond acceptors (Lipinski definition) is 4. The van der Waals surface area contributed by atoms with Crippen molar-refractivity contribution in [3.8, 4) is 11.5 Å². The maximum absolute atomic E-state index is 14.5. The molecule has 3 rings (SSSR count). The third-order valence-corrected chi connectivity index (χ3v) is 4.41. The molecule has 2 aromatic carbocycles. The van der Waals surface area contributed by atoms with Crippen molar-refractivity contribution in [2.45, 2.75) is 26.9 Å². The molecule has 1 aromatic heterocycles. The molecule has 9 heteroatoms. The van der Waals surface area contributed by atoms with Crippen LogP contribution in [-0.2, 0) is 11.0 Å². The molecule has 0 bridgehead atoms. The number of aromatic nitrogens is 1. The minimum Gasteiger partial charge on any atom is -0.491 e. The summed E-state index contributed by atoms with van der Waals surface area (Å²) < 4.78 is 64.4. The van der Waals surface area contributed by atoms with E-state index in [4.69, 9.17) is 9.47 Å². The number of halogens is 4. The first-order chi connectivity index (χ1) is 14.0. The predicted octanol–water partition coefficient (Wildman–Crippen LogP) is 5.12. The normalized spacial score (nSPS) is 11.6. The highest BCUT2D eigenvalue weighted by Gasteiger charge is 2.31. The summed E-state index contributed by atoms with van der Waals surface area (Å²) >= 11 is 0. The van der Waals surface area contributed by atoms with Crippen molar-refractivity contribution in [3.05, 3.63) is 59.0 Å². The zero-order valence-electron chi connectivity index (χ0n) is 16.3. The lowest BCUT2D eigenvalue weighted by molar-refractivity contribution is -0.137. The van der Waals surface area contributed by atoms with Crippen molar-refractivity contribution in [3.63, 3.8) is 0 Å². The van der Waals surface area contributed by atoms with Gasteiger partial charge in [-0.05, 0) is 44.2 Å². The summed E-state index contributed by atoms with van der Waals surface area (Å²) in [6, 6.07) is 6.02. The van der Waals surface area contributed by atoms with Gasteiger partial charge in [0.2, 0.25) is 0 Å². The van der Waals surface area contributed by atoms with Crippen LogP contribution in [-0.4, -0.2) is 23.1 Å². The Labute approximate surface area is 168 Å². The number of nitrogens with zero attached hydrogens (tertiary/aromatic N) is 1. The SMILES string of the molecule is CCOc1cc2c(OC(C)=O)c(C)n(C(=O)c3ccc(C(F)(F)F)cc3)c2cc1F. The van der Waals surface area contributed by atoms with Crippen LogP contribution in [0.15, 0.2) is 36.4 Å². The minimum atomic E-state index is -4.54. The lowest BCUT2D eigenvalue weighted by Gasteiger charge is -2.10. The average molecular weight is 423 g/mol. The molecular formula is C21H17F4NO4. The van der Waals surface area contributed by atoms with E-state index in [1.807, 2.05) is 0 Å². The molecule has 0 fully saturated rings. The lowest BCUT2D eigenvalue weighted by atomic mass is 10.1. The molecule has 0 amide bonds. The van der Waals surface area contributed by atoms with Gasteiger partial charge in [0.1, 0.15) is 0 Å². The molecule has 1 heterocycles. The fourth-order valence-electron chi connectivity index (χ4n) is 3.12. The molecule has 30 heavy (non-hydrogen) atoms. The lowest BCUT2D eigenvalue weighted by Crippen LogP contribution is -2.14. The van der Waals surface area contributed by atoms with Crippen LogP contribution < -0.4 is 9.47 Å². The van der Waals surface area contributed by atoms with Gasteiger partial charge in [-0.15, -0.1) is 0 Å². The second-order valence-electron chi connectivity index (χ2n) is 6.46. The first kappa shape index (κ1) is 21.4. The molecule has 0 saturated heterocycles. The Hall–Kier alpha value is -3.36. The maximum Gasteiger partial charge on any atom is 0.416 e. The number of carbonyl (C=O) groups is 2. The van der Waals surface area contributed by atoms with Gasteiger partial charge >= 0.3 is 12.1 Å². The van der Waals surface area contributed by atoms with Crippen molar-refractivity contribution in [2.24, 2.45) is 0 Å². The summed E-state index contributed by atoms with van der Waals surface area (Å²) in [6.45, 7) is 4.52. The monoisotopic (exact) mass is 423 g/mol. The zero-order chi connectivity index (χ0) is 22.2. The third kappa shape index (κ3) is 3.87. The third-order valence-electron chi connectivity index (χ3n) is 4.41. The smallest absolute Gasteiger partial charge is 0.416 e. The van der Waals surface area contributed by atoms with Gasteiger partial charge in [0, 0.05) is 23.9 Å². The fourth-order valence-corrected chi connectivity index (χ4v) is 3.12. The number of rotatable bonds is 4. The Morgan fingerprint density at radius 3 is 2.27 bits per heavy atom. The van der Waals surface area contributed by atoms with Gasteiger partial charge in [-0.25, -0.2) is 4.39 Å². The Bertz CT molecular complexity index is 1130. The maximum atomic E-state index is 14.5. The topological polar surface area (TPSA) is 57.5 Å². The summed E-state index contributed by atoms with van der Waals surface area (Å²) in [5.41, 5.74) is -0.666. The number of hydrogen-bond donors (Lipinski definition) is 0. The molecule has 0 saturated carbocycles. The van der Waals surface area contributed by atoms with Gasteiger partial charge < -0.3 is 9.47 Å². The zero-order valence-corrected chi connectivity index (χ0v) is 16.3. The molecule has 0 spiro atoms. The number of ether oxygens (including phenoxy) is 2.